The number of rotatable bonds is 6. The van der Waals surface area contributed by atoms with E-state index >= 15 is 0 Å². The van der Waals surface area contributed by atoms with Gasteiger partial charge in [0.15, 0.2) is 16.7 Å². The SMILES string of the molecule is FC(F)(F)Oc1ccc(Oc2ccnc(N3CCC(NC(=S)Nc4cccnc4)CC3)c2Cl)cc1. The number of benzene rings is 1. The van der Waals surface area contributed by atoms with Crippen LogP contribution in [-0.4, -0.2) is 40.6 Å². The standard InChI is InChI=1S/C23H21ClF3N5O2S/c24-20-19(33-17-3-5-18(6-4-17)34-23(25,26)27)7-11-29-21(20)32-12-8-15(9-13-32)30-22(35)31-16-2-1-10-28-14-16/h1-7,10-11,14-15H,8-9,12-13H2,(H2,30,31,35). The van der Waals surface area contributed by atoms with Gasteiger partial charge < -0.3 is 25.0 Å². The van der Waals surface area contributed by atoms with Gasteiger partial charge in [-0.3, -0.25) is 4.98 Å². The molecule has 1 aliphatic heterocycles. The molecule has 0 unspecified atom stereocenters. The third-order valence-electron chi connectivity index (χ3n) is 5.17. The normalized spacial score (nSPS) is 14.3. The topological polar surface area (TPSA) is 71.5 Å². The summed E-state index contributed by atoms with van der Waals surface area (Å²) in [5, 5.41) is 7.30. The maximum atomic E-state index is 12.3. The second kappa shape index (κ2) is 11.0. The number of pyridine rings is 2. The number of hydrogen-bond donors (Lipinski definition) is 2. The lowest BCUT2D eigenvalue weighted by Crippen LogP contribution is -2.46. The Morgan fingerprint density at radius 1 is 1.06 bits per heavy atom. The van der Waals surface area contributed by atoms with Gasteiger partial charge in [0.25, 0.3) is 0 Å². The predicted octanol–water partition coefficient (Wildman–Crippen LogP) is 5.78. The van der Waals surface area contributed by atoms with Crippen molar-refractivity contribution < 1.29 is 22.6 Å². The molecule has 0 radical (unpaired) electrons. The molecular formula is C23H21ClF3N5O2S. The van der Waals surface area contributed by atoms with Crippen molar-refractivity contribution in [2.24, 2.45) is 0 Å². The molecule has 1 fully saturated rings. The summed E-state index contributed by atoms with van der Waals surface area (Å²) >= 11 is 12.0. The van der Waals surface area contributed by atoms with Gasteiger partial charge in [0, 0.05) is 37.6 Å². The van der Waals surface area contributed by atoms with Gasteiger partial charge in [-0.2, -0.15) is 0 Å². The molecule has 0 aliphatic carbocycles. The van der Waals surface area contributed by atoms with Crippen LogP contribution in [0.5, 0.6) is 17.2 Å². The van der Waals surface area contributed by atoms with E-state index in [1.54, 1.807) is 24.7 Å². The Hall–Kier alpha value is -3.31. The van der Waals surface area contributed by atoms with Gasteiger partial charge in [0.1, 0.15) is 16.5 Å². The lowest BCUT2D eigenvalue weighted by Gasteiger charge is -2.34. The Morgan fingerprint density at radius 2 is 1.77 bits per heavy atom. The fourth-order valence-corrected chi connectivity index (χ4v) is 4.13. The van der Waals surface area contributed by atoms with Crippen LogP contribution in [0.2, 0.25) is 5.02 Å². The van der Waals surface area contributed by atoms with E-state index in [2.05, 4.69) is 30.2 Å². The number of nitrogens with one attached hydrogen (secondary N) is 2. The molecule has 3 heterocycles. The number of ether oxygens (including phenoxy) is 2. The zero-order valence-corrected chi connectivity index (χ0v) is 19.8. The molecule has 1 aliphatic rings. The van der Waals surface area contributed by atoms with Gasteiger partial charge in [-0.25, -0.2) is 4.98 Å². The Bertz CT molecular complexity index is 1140. The molecule has 3 aromatic rings. The Kier molecular flexibility index (Phi) is 7.76. The number of nitrogens with zero attached hydrogens (tertiary/aromatic N) is 3. The van der Waals surface area contributed by atoms with Crippen LogP contribution >= 0.6 is 23.8 Å². The van der Waals surface area contributed by atoms with Crippen molar-refractivity contribution in [2.45, 2.75) is 25.2 Å². The first kappa shape index (κ1) is 24.8. The zero-order valence-electron chi connectivity index (χ0n) is 18.3. The maximum absolute atomic E-state index is 12.3. The number of aromatic nitrogens is 2. The minimum atomic E-state index is -4.75. The van der Waals surface area contributed by atoms with E-state index in [0.29, 0.717) is 40.5 Å². The monoisotopic (exact) mass is 523 g/mol. The molecule has 0 saturated carbocycles. The first-order valence-corrected chi connectivity index (χ1v) is 11.5. The molecule has 184 valence electrons. The van der Waals surface area contributed by atoms with Gasteiger partial charge in [-0.15, -0.1) is 13.2 Å². The smallest absolute Gasteiger partial charge is 0.456 e. The minimum absolute atomic E-state index is 0.193. The number of anilines is 2. The average Bonchev–Trinajstić information content (AvgIpc) is 2.82. The molecule has 1 aromatic carbocycles. The van der Waals surface area contributed by atoms with Crippen LogP contribution in [0.3, 0.4) is 0 Å². The first-order chi connectivity index (χ1) is 16.8. The molecular weight excluding hydrogens is 503 g/mol. The fourth-order valence-electron chi connectivity index (χ4n) is 3.58. The van der Waals surface area contributed by atoms with Crippen molar-refractivity contribution in [1.29, 1.82) is 0 Å². The largest absolute Gasteiger partial charge is 0.573 e. The highest BCUT2D eigenvalue weighted by Crippen LogP contribution is 2.37. The highest BCUT2D eigenvalue weighted by Gasteiger charge is 2.31. The summed E-state index contributed by atoms with van der Waals surface area (Å²) < 4.78 is 46.7. The van der Waals surface area contributed by atoms with Crippen molar-refractivity contribution in [3.8, 4) is 17.2 Å². The van der Waals surface area contributed by atoms with Crippen LogP contribution in [0.4, 0.5) is 24.7 Å². The molecule has 0 atom stereocenters. The summed E-state index contributed by atoms with van der Waals surface area (Å²) in [6.45, 7) is 1.40. The van der Waals surface area contributed by atoms with Crippen LogP contribution in [-0.2, 0) is 0 Å². The molecule has 0 spiro atoms. The summed E-state index contributed by atoms with van der Waals surface area (Å²) in [4.78, 5) is 10.5. The van der Waals surface area contributed by atoms with Gasteiger partial charge in [-0.1, -0.05) is 11.6 Å². The van der Waals surface area contributed by atoms with E-state index in [4.69, 9.17) is 28.6 Å². The Balaban J connectivity index is 1.33. The van der Waals surface area contributed by atoms with E-state index < -0.39 is 6.36 Å². The number of hydrogen-bond acceptors (Lipinski definition) is 6. The number of alkyl halides is 3. The summed E-state index contributed by atoms with van der Waals surface area (Å²) in [7, 11) is 0. The van der Waals surface area contributed by atoms with Crippen LogP contribution in [0, 0.1) is 0 Å². The van der Waals surface area contributed by atoms with Crippen molar-refractivity contribution in [3.63, 3.8) is 0 Å². The summed E-state index contributed by atoms with van der Waals surface area (Å²) in [6, 6.07) is 10.6. The Labute approximate surface area is 210 Å². The van der Waals surface area contributed by atoms with E-state index in [1.165, 1.54) is 24.3 Å². The lowest BCUT2D eigenvalue weighted by molar-refractivity contribution is -0.274. The van der Waals surface area contributed by atoms with Gasteiger partial charge in [-0.05, 0) is 61.5 Å². The Morgan fingerprint density at radius 3 is 2.43 bits per heavy atom. The predicted molar refractivity (Wildman–Crippen MR) is 131 cm³/mol. The highest BCUT2D eigenvalue weighted by atomic mass is 35.5. The fraction of sp³-hybridized carbons (Fsp3) is 0.261. The number of halogens is 4. The molecule has 4 rings (SSSR count). The van der Waals surface area contributed by atoms with Crippen LogP contribution in [0.15, 0.2) is 61.1 Å². The van der Waals surface area contributed by atoms with Gasteiger partial charge in [0.2, 0.25) is 0 Å². The average molecular weight is 524 g/mol. The quantitative estimate of drug-likeness (QED) is 0.394. The summed E-state index contributed by atoms with van der Waals surface area (Å²) in [5.74, 6) is 0.910. The van der Waals surface area contributed by atoms with Crippen LogP contribution in [0.25, 0.3) is 0 Å². The van der Waals surface area contributed by atoms with Crippen molar-refractivity contribution >= 4 is 40.4 Å². The third-order valence-corrected chi connectivity index (χ3v) is 5.74. The molecule has 0 bridgehead atoms. The number of piperidine rings is 1. The van der Waals surface area contributed by atoms with Crippen molar-refractivity contribution in [2.75, 3.05) is 23.3 Å². The third kappa shape index (κ3) is 7.09. The molecule has 12 heteroatoms. The molecule has 2 aromatic heterocycles. The lowest BCUT2D eigenvalue weighted by atomic mass is 10.1. The maximum Gasteiger partial charge on any atom is 0.573 e. The van der Waals surface area contributed by atoms with Crippen LogP contribution < -0.4 is 25.0 Å². The minimum Gasteiger partial charge on any atom is -0.456 e. The van der Waals surface area contributed by atoms with Gasteiger partial charge >= 0.3 is 6.36 Å². The van der Waals surface area contributed by atoms with E-state index in [9.17, 15) is 13.2 Å². The zero-order chi connectivity index (χ0) is 24.8. The van der Waals surface area contributed by atoms with E-state index in [0.717, 1.165) is 18.5 Å². The molecule has 7 nitrogen and oxygen atoms in total. The molecule has 1 saturated heterocycles. The molecule has 2 N–H and O–H groups in total. The van der Waals surface area contributed by atoms with Crippen LogP contribution in [0.1, 0.15) is 12.8 Å². The second-order valence-electron chi connectivity index (χ2n) is 7.67. The number of thiocarbonyl (C=S) groups is 1. The van der Waals surface area contributed by atoms with Crippen molar-refractivity contribution in [1.82, 2.24) is 15.3 Å². The molecule has 0 amide bonds. The first-order valence-electron chi connectivity index (χ1n) is 10.7. The highest BCUT2D eigenvalue weighted by molar-refractivity contribution is 7.80. The van der Waals surface area contributed by atoms with Gasteiger partial charge in [0.05, 0.1) is 11.9 Å². The van der Waals surface area contributed by atoms with E-state index in [1.807, 2.05) is 12.1 Å². The molecule has 35 heavy (non-hydrogen) atoms. The van der Waals surface area contributed by atoms with E-state index in [-0.39, 0.29) is 11.8 Å². The second-order valence-corrected chi connectivity index (χ2v) is 8.46. The van der Waals surface area contributed by atoms with Crippen molar-refractivity contribution in [3.05, 3.63) is 66.1 Å². The summed E-state index contributed by atoms with van der Waals surface area (Å²) in [5.41, 5.74) is 0.817. The summed E-state index contributed by atoms with van der Waals surface area (Å²) in [6.07, 6.45) is 1.85.